The normalized spacial score (nSPS) is 34.4. The minimum atomic E-state index is -0.0890. The second kappa shape index (κ2) is 16.4. The van der Waals surface area contributed by atoms with Gasteiger partial charge in [-0.3, -0.25) is 0 Å². The van der Waals surface area contributed by atoms with E-state index in [-0.39, 0.29) is 35.2 Å². The first-order valence-corrected chi connectivity index (χ1v) is 14.5. The van der Waals surface area contributed by atoms with Crippen LogP contribution in [-0.2, 0) is 28.4 Å². The maximum atomic E-state index is 5.90. The second-order valence-electron chi connectivity index (χ2n) is 11.1. The van der Waals surface area contributed by atoms with Gasteiger partial charge in [-0.1, -0.05) is 57.4 Å². The van der Waals surface area contributed by atoms with Gasteiger partial charge in [0.15, 0.2) is 0 Å². The number of hydrogen-bond donors (Lipinski definition) is 0. The van der Waals surface area contributed by atoms with Crippen molar-refractivity contribution >= 4 is 0 Å². The summed E-state index contributed by atoms with van der Waals surface area (Å²) in [7, 11) is 7.19. The van der Waals surface area contributed by atoms with E-state index in [2.05, 4.69) is 45.1 Å². The van der Waals surface area contributed by atoms with Crippen LogP contribution < -0.4 is 0 Å². The standard InChI is InChI=1S/C17H30O3.C14H26O3/c1-4-20-13-17(14-9-6-5-7-10-14)15(18-2)11-8-12-16(17)19-3;1-6-17-10-14(11(2)3)12(15-4)8-7-9-13(14)16-5/h8,11,14-16H,4-7,9-10,12-13H2,1-3H3;7-8,11-13H,6,9-10H2,1-5H3. The molecule has 3 aliphatic rings. The van der Waals surface area contributed by atoms with Crippen LogP contribution in [0.2, 0.25) is 0 Å². The van der Waals surface area contributed by atoms with Gasteiger partial charge in [0.1, 0.15) is 0 Å². The average Bonchev–Trinajstić information content (AvgIpc) is 2.94. The first-order chi connectivity index (χ1) is 17.9. The van der Waals surface area contributed by atoms with Crippen molar-refractivity contribution in [2.24, 2.45) is 22.7 Å². The van der Waals surface area contributed by atoms with Crippen LogP contribution in [0.15, 0.2) is 24.3 Å². The molecule has 6 unspecified atom stereocenters. The fraction of sp³-hybridized carbons (Fsp3) is 0.871. The van der Waals surface area contributed by atoms with E-state index in [1.807, 2.05) is 21.1 Å². The Labute approximate surface area is 227 Å². The summed E-state index contributed by atoms with van der Waals surface area (Å²) in [5.41, 5.74) is -0.108. The van der Waals surface area contributed by atoms with E-state index < -0.39 is 0 Å². The molecule has 6 nitrogen and oxygen atoms in total. The predicted molar refractivity (Wildman–Crippen MR) is 150 cm³/mol. The van der Waals surface area contributed by atoms with Crippen molar-refractivity contribution in [1.29, 1.82) is 0 Å². The second-order valence-corrected chi connectivity index (χ2v) is 11.1. The molecule has 0 amide bonds. The van der Waals surface area contributed by atoms with Crippen LogP contribution in [0, 0.1) is 22.7 Å². The molecule has 0 radical (unpaired) electrons. The zero-order valence-corrected chi connectivity index (χ0v) is 25.0. The lowest BCUT2D eigenvalue weighted by molar-refractivity contribution is -0.161. The molecule has 6 atom stereocenters. The first kappa shape index (κ1) is 32.5. The average molecular weight is 525 g/mol. The third-order valence-corrected chi connectivity index (χ3v) is 9.21. The van der Waals surface area contributed by atoms with Crippen LogP contribution in [0.25, 0.3) is 0 Å². The summed E-state index contributed by atoms with van der Waals surface area (Å²) in [5.74, 6) is 1.08. The highest BCUT2D eigenvalue weighted by Crippen LogP contribution is 2.49. The molecular formula is C31H56O6. The molecule has 0 spiro atoms. The van der Waals surface area contributed by atoms with Gasteiger partial charge in [-0.15, -0.1) is 0 Å². The predicted octanol–water partition coefficient (Wildman–Crippen LogP) is 6.23. The molecule has 1 saturated carbocycles. The van der Waals surface area contributed by atoms with Crippen LogP contribution in [0.5, 0.6) is 0 Å². The van der Waals surface area contributed by atoms with E-state index in [1.165, 1.54) is 32.1 Å². The molecule has 0 saturated heterocycles. The molecule has 216 valence electrons. The van der Waals surface area contributed by atoms with E-state index in [9.17, 15) is 0 Å². The molecule has 0 bridgehead atoms. The summed E-state index contributed by atoms with van der Waals surface area (Å²) in [6.07, 6.45) is 17.7. The van der Waals surface area contributed by atoms with Gasteiger partial charge < -0.3 is 28.4 Å². The van der Waals surface area contributed by atoms with Gasteiger partial charge >= 0.3 is 0 Å². The van der Waals surface area contributed by atoms with E-state index in [0.29, 0.717) is 18.4 Å². The molecule has 3 rings (SSSR count). The van der Waals surface area contributed by atoms with Crippen LogP contribution in [-0.4, -0.2) is 79.3 Å². The quantitative estimate of drug-likeness (QED) is 0.282. The SMILES string of the molecule is CCOCC1(C(C)C)C(OC)C=CCC1OC.CCOCC1(C2CCCCC2)C(OC)C=CCC1OC. The lowest BCUT2D eigenvalue weighted by atomic mass is 9.60. The summed E-state index contributed by atoms with van der Waals surface area (Å²) in [4.78, 5) is 0. The summed E-state index contributed by atoms with van der Waals surface area (Å²) in [6, 6.07) is 0. The van der Waals surface area contributed by atoms with Crippen LogP contribution in [0.1, 0.15) is 72.6 Å². The number of ether oxygens (including phenoxy) is 6. The monoisotopic (exact) mass is 524 g/mol. The number of hydrogen-bond acceptors (Lipinski definition) is 6. The van der Waals surface area contributed by atoms with Gasteiger partial charge in [0.25, 0.3) is 0 Å². The zero-order chi connectivity index (χ0) is 27.3. The van der Waals surface area contributed by atoms with E-state index in [1.54, 1.807) is 14.2 Å². The van der Waals surface area contributed by atoms with Crippen LogP contribution >= 0.6 is 0 Å². The molecule has 0 aromatic carbocycles. The van der Waals surface area contributed by atoms with Gasteiger partial charge in [-0.25, -0.2) is 0 Å². The van der Waals surface area contributed by atoms with Crippen molar-refractivity contribution < 1.29 is 28.4 Å². The van der Waals surface area contributed by atoms with Crippen molar-refractivity contribution in [2.75, 3.05) is 54.9 Å². The van der Waals surface area contributed by atoms with Gasteiger partial charge in [-0.05, 0) is 51.4 Å². The lowest BCUT2D eigenvalue weighted by Crippen LogP contribution is -2.56. The Morgan fingerprint density at radius 3 is 1.76 bits per heavy atom. The Kier molecular flexibility index (Phi) is 14.4. The van der Waals surface area contributed by atoms with Gasteiger partial charge in [0.2, 0.25) is 0 Å². The first-order valence-electron chi connectivity index (χ1n) is 14.5. The van der Waals surface area contributed by atoms with Gasteiger partial charge in [0.05, 0.1) is 48.5 Å². The fourth-order valence-corrected chi connectivity index (χ4v) is 7.07. The minimum Gasteiger partial charge on any atom is -0.381 e. The van der Waals surface area contributed by atoms with E-state index in [0.717, 1.165) is 32.7 Å². The minimum absolute atomic E-state index is 0.0192. The molecule has 0 N–H and O–H groups in total. The third-order valence-electron chi connectivity index (χ3n) is 9.21. The lowest BCUT2D eigenvalue weighted by Gasteiger charge is -2.51. The Bertz CT molecular complexity index is 673. The largest absolute Gasteiger partial charge is 0.381 e. The summed E-state index contributed by atoms with van der Waals surface area (Å²) >= 11 is 0. The fourth-order valence-electron chi connectivity index (χ4n) is 7.07. The van der Waals surface area contributed by atoms with E-state index >= 15 is 0 Å². The molecule has 37 heavy (non-hydrogen) atoms. The Hall–Kier alpha value is -0.760. The summed E-state index contributed by atoms with van der Waals surface area (Å²) in [6.45, 7) is 11.4. The van der Waals surface area contributed by atoms with Crippen molar-refractivity contribution in [2.45, 2.75) is 97.1 Å². The highest BCUT2D eigenvalue weighted by Gasteiger charge is 2.52. The summed E-state index contributed by atoms with van der Waals surface area (Å²) in [5, 5.41) is 0. The van der Waals surface area contributed by atoms with Gasteiger partial charge in [0, 0.05) is 41.7 Å². The smallest absolute Gasteiger partial charge is 0.0858 e. The number of rotatable bonds is 12. The van der Waals surface area contributed by atoms with Crippen molar-refractivity contribution in [3.63, 3.8) is 0 Å². The van der Waals surface area contributed by atoms with Crippen LogP contribution in [0.4, 0.5) is 0 Å². The Morgan fingerprint density at radius 2 is 1.24 bits per heavy atom. The molecule has 0 aromatic rings. The topological polar surface area (TPSA) is 55.4 Å². The van der Waals surface area contributed by atoms with Crippen molar-refractivity contribution in [3.05, 3.63) is 24.3 Å². The number of methoxy groups -OCH3 is 4. The molecule has 0 aliphatic heterocycles. The van der Waals surface area contributed by atoms with Crippen molar-refractivity contribution in [1.82, 2.24) is 0 Å². The Balaban J connectivity index is 0.000000264. The van der Waals surface area contributed by atoms with Gasteiger partial charge in [-0.2, -0.15) is 0 Å². The maximum Gasteiger partial charge on any atom is 0.0858 e. The molecule has 0 aromatic heterocycles. The molecule has 6 heteroatoms. The highest BCUT2D eigenvalue weighted by molar-refractivity contribution is 5.14. The van der Waals surface area contributed by atoms with E-state index in [4.69, 9.17) is 28.4 Å². The summed E-state index contributed by atoms with van der Waals surface area (Å²) < 4.78 is 34.7. The molecule has 0 heterocycles. The maximum absolute atomic E-state index is 5.90. The highest BCUT2D eigenvalue weighted by atomic mass is 16.5. The molecular weight excluding hydrogens is 468 g/mol. The Morgan fingerprint density at radius 1 is 0.703 bits per heavy atom. The molecule has 1 fully saturated rings. The zero-order valence-electron chi connectivity index (χ0n) is 25.0. The molecule has 3 aliphatic carbocycles. The van der Waals surface area contributed by atoms with Crippen LogP contribution in [0.3, 0.4) is 0 Å². The third kappa shape index (κ3) is 7.26. The van der Waals surface area contributed by atoms with Crippen molar-refractivity contribution in [3.8, 4) is 0 Å².